The van der Waals surface area contributed by atoms with E-state index in [0.717, 1.165) is 30.5 Å². The summed E-state index contributed by atoms with van der Waals surface area (Å²) in [5.74, 6) is -0.601. The lowest BCUT2D eigenvalue weighted by molar-refractivity contribution is -0.120. The zero-order chi connectivity index (χ0) is 19.0. The average Bonchev–Trinajstić information content (AvgIpc) is 2.61. The fraction of sp³-hybridized carbons (Fsp3) is 0.278. The van der Waals surface area contributed by atoms with Gasteiger partial charge in [-0.1, -0.05) is 12.1 Å². The highest BCUT2D eigenvalue weighted by atomic mass is 32.2. The topological polar surface area (TPSA) is 101 Å². The third-order valence-electron chi connectivity index (χ3n) is 3.65. The molecule has 0 aromatic heterocycles. The molecule has 0 atom stereocenters. The average molecular weight is 379 g/mol. The number of halogens is 1. The molecule has 0 aliphatic heterocycles. The number of carbonyl (C=O) groups excluding carboxylic acids is 1. The quantitative estimate of drug-likeness (QED) is 0.580. The summed E-state index contributed by atoms with van der Waals surface area (Å²) in [6, 6.07) is 11.1. The van der Waals surface area contributed by atoms with E-state index in [1.54, 1.807) is 24.3 Å². The smallest absolute Gasteiger partial charge is 0.261 e. The second-order valence-electron chi connectivity index (χ2n) is 5.78. The van der Waals surface area contributed by atoms with Crippen LogP contribution in [0.5, 0.6) is 0 Å². The van der Waals surface area contributed by atoms with Crippen molar-refractivity contribution in [3.05, 3.63) is 59.9 Å². The molecule has 0 unspecified atom stereocenters. The van der Waals surface area contributed by atoms with Crippen LogP contribution < -0.4 is 15.8 Å². The number of amides is 1. The summed E-state index contributed by atoms with van der Waals surface area (Å²) in [6.07, 6.45) is 1.92. The molecule has 0 bridgehead atoms. The molecular weight excluding hydrogens is 357 g/mol. The lowest BCUT2D eigenvalue weighted by Gasteiger charge is -2.09. The van der Waals surface area contributed by atoms with Crippen LogP contribution in [0.3, 0.4) is 0 Å². The first-order chi connectivity index (χ1) is 12.4. The maximum Gasteiger partial charge on any atom is 0.261 e. The number of nitrogens with one attached hydrogen (secondary N) is 2. The highest BCUT2D eigenvalue weighted by Crippen LogP contribution is 2.17. The molecule has 26 heavy (non-hydrogen) atoms. The monoisotopic (exact) mass is 379 g/mol. The molecule has 0 aliphatic rings. The predicted octanol–water partition coefficient (Wildman–Crippen LogP) is 2.02. The van der Waals surface area contributed by atoms with E-state index in [-0.39, 0.29) is 17.2 Å². The number of nitrogens with two attached hydrogens (primary N) is 1. The van der Waals surface area contributed by atoms with Crippen LogP contribution in [0.4, 0.5) is 10.1 Å². The van der Waals surface area contributed by atoms with Crippen molar-refractivity contribution in [2.24, 2.45) is 5.73 Å². The van der Waals surface area contributed by atoms with Crippen molar-refractivity contribution >= 4 is 21.6 Å². The van der Waals surface area contributed by atoms with E-state index < -0.39 is 15.8 Å². The van der Waals surface area contributed by atoms with Crippen molar-refractivity contribution in [2.75, 3.05) is 17.8 Å². The minimum Gasteiger partial charge on any atom is -0.356 e. The van der Waals surface area contributed by atoms with Crippen molar-refractivity contribution in [2.45, 2.75) is 24.2 Å². The number of unbranched alkanes of at least 4 members (excludes halogenated alkanes) is 1. The van der Waals surface area contributed by atoms with Gasteiger partial charge in [-0.15, -0.1) is 0 Å². The van der Waals surface area contributed by atoms with E-state index in [9.17, 15) is 17.6 Å². The Balaban J connectivity index is 1.92. The molecule has 0 radical (unpaired) electrons. The van der Waals surface area contributed by atoms with E-state index in [4.69, 9.17) is 5.73 Å². The van der Waals surface area contributed by atoms with Crippen LogP contribution >= 0.6 is 0 Å². The van der Waals surface area contributed by atoms with Crippen molar-refractivity contribution in [1.82, 2.24) is 5.32 Å². The molecule has 0 fully saturated rings. The second-order valence-corrected chi connectivity index (χ2v) is 7.46. The van der Waals surface area contributed by atoms with Gasteiger partial charge in [0.05, 0.1) is 11.3 Å². The number of rotatable bonds is 9. The van der Waals surface area contributed by atoms with Gasteiger partial charge in [-0.25, -0.2) is 12.8 Å². The highest BCUT2D eigenvalue weighted by molar-refractivity contribution is 7.92. The van der Waals surface area contributed by atoms with E-state index in [1.807, 2.05) is 0 Å². The van der Waals surface area contributed by atoms with Gasteiger partial charge < -0.3 is 11.1 Å². The fourth-order valence-corrected chi connectivity index (χ4v) is 3.32. The van der Waals surface area contributed by atoms with Gasteiger partial charge in [0.2, 0.25) is 5.91 Å². The van der Waals surface area contributed by atoms with Crippen molar-refractivity contribution in [1.29, 1.82) is 0 Å². The molecule has 6 nitrogen and oxygen atoms in total. The maximum atomic E-state index is 12.9. The summed E-state index contributed by atoms with van der Waals surface area (Å²) in [5.41, 5.74) is 6.52. The summed E-state index contributed by atoms with van der Waals surface area (Å²) in [4.78, 5) is 11.8. The largest absolute Gasteiger partial charge is 0.356 e. The molecule has 0 heterocycles. The van der Waals surface area contributed by atoms with Gasteiger partial charge in [0.15, 0.2) is 0 Å². The van der Waals surface area contributed by atoms with Crippen LogP contribution in [0.1, 0.15) is 18.4 Å². The Morgan fingerprint density at radius 1 is 1.00 bits per heavy atom. The third-order valence-corrected chi connectivity index (χ3v) is 5.05. The standard InChI is InChI=1S/C18H22FN3O3S/c19-15-5-9-17(10-6-15)26(24,25)22-16-7-3-14(4-8-16)13-18(23)21-12-2-1-11-20/h3-10,22H,1-2,11-13,20H2,(H,21,23). The summed E-state index contributed by atoms with van der Waals surface area (Å²) in [7, 11) is -3.79. The first-order valence-electron chi connectivity index (χ1n) is 8.25. The summed E-state index contributed by atoms with van der Waals surface area (Å²) in [5, 5.41) is 2.81. The highest BCUT2D eigenvalue weighted by Gasteiger charge is 2.14. The number of benzene rings is 2. The fourth-order valence-electron chi connectivity index (χ4n) is 2.26. The van der Waals surface area contributed by atoms with Crippen LogP contribution in [-0.4, -0.2) is 27.4 Å². The predicted molar refractivity (Wildman–Crippen MR) is 98.7 cm³/mol. The normalized spacial score (nSPS) is 11.2. The Morgan fingerprint density at radius 2 is 1.65 bits per heavy atom. The first-order valence-corrected chi connectivity index (χ1v) is 9.73. The third kappa shape index (κ3) is 6.12. The molecule has 0 saturated heterocycles. The molecule has 2 rings (SSSR count). The lowest BCUT2D eigenvalue weighted by Crippen LogP contribution is -2.26. The zero-order valence-electron chi connectivity index (χ0n) is 14.2. The van der Waals surface area contributed by atoms with Crippen molar-refractivity contribution < 1.29 is 17.6 Å². The number of carbonyl (C=O) groups is 1. The minimum absolute atomic E-state index is 0.0279. The van der Waals surface area contributed by atoms with E-state index >= 15 is 0 Å². The van der Waals surface area contributed by atoms with E-state index in [2.05, 4.69) is 10.0 Å². The Morgan fingerprint density at radius 3 is 2.27 bits per heavy atom. The second kappa shape index (κ2) is 9.30. The first kappa shape index (κ1) is 19.9. The van der Waals surface area contributed by atoms with E-state index in [0.29, 0.717) is 18.8 Å². The van der Waals surface area contributed by atoms with Crippen LogP contribution in [0, 0.1) is 5.82 Å². The van der Waals surface area contributed by atoms with Crippen molar-refractivity contribution in [3.63, 3.8) is 0 Å². The van der Waals surface area contributed by atoms with Gasteiger partial charge in [-0.3, -0.25) is 9.52 Å². The van der Waals surface area contributed by atoms with Gasteiger partial charge in [0, 0.05) is 12.2 Å². The van der Waals surface area contributed by atoms with Gasteiger partial charge in [0.25, 0.3) is 10.0 Å². The SMILES string of the molecule is NCCCCNC(=O)Cc1ccc(NS(=O)(=O)c2ccc(F)cc2)cc1. The molecule has 1 amide bonds. The number of hydrogen-bond donors (Lipinski definition) is 3. The van der Waals surface area contributed by atoms with E-state index in [1.165, 1.54) is 12.1 Å². The Hall–Kier alpha value is -2.45. The molecular formula is C18H22FN3O3S. The number of hydrogen-bond acceptors (Lipinski definition) is 4. The van der Waals surface area contributed by atoms with Gasteiger partial charge >= 0.3 is 0 Å². The minimum atomic E-state index is -3.79. The molecule has 2 aromatic carbocycles. The Kier molecular flexibility index (Phi) is 7.11. The van der Waals surface area contributed by atoms with Crippen LogP contribution in [-0.2, 0) is 21.2 Å². The number of anilines is 1. The van der Waals surface area contributed by atoms with Gasteiger partial charge in [-0.2, -0.15) is 0 Å². The van der Waals surface area contributed by atoms with Crippen molar-refractivity contribution in [3.8, 4) is 0 Å². The molecule has 4 N–H and O–H groups in total. The van der Waals surface area contributed by atoms with Crippen LogP contribution in [0.2, 0.25) is 0 Å². The molecule has 0 spiro atoms. The van der Waals surface area contributed by atoms with Crippen LogP contribution in [0.25, 0.3) is 0 Å². The molecule has 2 aromatic rings. The Bertz CT molecular complexity index is 822. The molecule has 0 saturated carbocycles. The lowest BCUT2D eigenvalue weighted by atomic mass is 10.1. The van der Waals surface area contributed by atoms with Gasteiger partial charge in [-0.05, 0) is 61.3 Å². The number of sulfonamides is 1. The molecule has 0 aliphatic carbocycles. The maximum absolute atomic E-state index is 12.9. The molecule has 140 valence electrons. The van der Waals surface area contributed by atoms with Crippen LogP contribution in [0.15, 0.2) is 53.4 Å². The molecule has 8 heteroatoms. The summed E-state index contributed by atoms with van der Waals surface area (Å²) < 4.78 is 39.8. The Labute approximate surface area is 152 Å². The zero-order valence-corrected chi connectivity index (χ0v) is 15.1. The summed E-state index contributed by atoms with van der Waals surface area (Å²) >= 11 is 0. The summed E-state index contributed by atoms with van der Waals surface area (Å²) in [6.45, 7) is 1.19. The van der Waals surface area contributed by atoms with Gasteiger partial charge in [0.1, 0.15) is 5.82 Å².